The normalized spacial score (nSPS) is 11.9. The molecule has 0 aliphatic rings. The van der Waals surface area contributed by atoms with Crippen LogP contribution in [0.5, 0.6) is 0 Å². The average Bonchev–Trinajstić information content (AvgIpc) is 2.25. The average molecular weight is 289 g/mol. The number of amides is 1. The molecule has 1 amide bonds. The Hall–Kier alpha value is -1.47. The van der Waals surface area contributed by atoms with Crippen molar-refractivity contribution in [2.24, 2.45) is 0 Å². The number of hydrogen-bond donors (Lipinski definition) is 3. The van der Waals surface area contributed by atoms with Crippen molar-refractivity contribution < 1.29 is 19.8 Å². The zero-order chi connectivity index (χ0) is 12.1. The second-order valence-electron chi connectivity index (χ2n) is 2.89. The van der Waals surface area contributed by atoms with Crippen LogP contribution in [-0.2, 0) is 4.79 Å². The summed E-state index contributed by atoms with van der Waals surface area (Å²) in [5.41, 5.74) is 0.0778. The van der Waals surface area contributed by atoms with E-state index in [4.69, 9.17) is 10.2 Å². The predicted octanol–water partition coefficient (Wildman–Crippen LogP) is 0.0194. The van der Waals surface area contributed by atoms with Crippen LogP contribution < -0.4 is 5.32 Å². The molecule has 0 radical (unpaired) electrons. The van der Waals surface area contributed by atoms with Gasteiger partial charge in [-0.1, -0.05) is 6.07 Å². The van der Waals surface area contributed by atoms with Gasteiger partial charge in [0.05, 0.1) is 6.61 Å². The number of rotatable bonds is 4. The number of halogens is 1. The van der Waals surface area contributed by atoms with Crippen molar-refractivity contribution in [3.63, 3.8) is 0 Å². The molecule has 0 saturated carbocycles. The zero-order valence-corrected chi connectivity index (χ0v) is 9.64. The van der Waals surface area contributed by atoms with E-state index in [1.165, 1.54) is 6.07 Å². The van der Waals surface area contributed by atoms with E-state index in [9.17, 15) is 9.59 Å². The minimum Gasteiger partial charge on any atom is -0.480 e. The molecule has 0 spiro atoms. The highest BCUT2D eigenvalue weighted by Gasteiger charge is 2.20. The van der Waals surface area contributed by atoms with Gasteiger partial charge in [0.1, 0.15) is 10.3 Å². The molecule has 1 unspecified atom stereocenters. The van der Waals surface area contributed by atoms with E-state index in [0.717, 1.165) is 0 Å². The maximum Gasteiger partial charge on any atom is 0.328 e. The number of pyridine rings is 1. The molecule has 1 rings (SSSR count). The Bertz CT molecular complexity index is 410. The summed E-state index contributed by atoms with van der Waals surface area (Å²) in [5.74, 6) is -1.95. The molecular weight excluding hydrogens is 280 g/mol. The Morgan fingerprint density at radius 1 is 1.50 bits per heavy atom. The molecule has 0 aliphatic heterocycles. The van der Waals surface area contributed by atoms with Crippen molar-refractivity contribution in [1.82, 2.24) is 10.3 Å². The van der Waals surface area contributed by atoms with Crippen LogP contribution in [0.15, 0.2) is 22.8 Å². The molecule has 0 bridgehead atoms. The second-order valence-corrected chi connectivity index (χ2v) is 3.70. The predicted molar refractivity (Wildman–Crippen MR) is 57.9 cm³/mol. The molecule has 1 atom stereocenters. The molecule has 0 aliphatic carbocycles. The number of carbonyl (C=O) groups is 2. The number of carbonyl (C=O) groups excluding carboxylic acids is 1. The molecule has 1 aromatic rings. The largest absolute Gasteiger partial charge is 0.480 e. The summed E-state index contributed by atoms with van der Waals surface area (Å²) in [6.45, 7) is -0.672. The Labute approximate surface area is 99.4 Å². The summed E-state index contributed by atoms with van der Waals surface area (Å²) < 4.78 is 0.469. The highest BCUT2D eigenvalue weighted by molar-refractivity contribution is 9.10. The van der Waals surface area contributed by atoms with Gasteiger partial charge >= 0.3 is 5.97 Å². The first-order chi connectivity index (χ1) is 7.54. The number of carboxylic acids is 1. The third-order valence-corrected chi connectivity index (χ3v) is 2.18. The molecule has 0 saturated heterocycles. The van der Waals surface area contributed by atoms with Crippen molar-refractivity contribution in [2.75, 3.05) is 6.61 Å². The smallest absolute Gasteiger partial charge is 0.328 e. The van der Waals surface area contributed by atoms with Gasteiger partial charge in [-0.15, -0.1) is 0 Å². The van der Waals surface area contributed by atoms with Gasteiger partial charge in [-0.2, -0.15) is 0 Å². The molecule has 0 fully saturated rings. The number of aromatic nitrogens is 1. The monoisotopic (exact) mass is 288 g/mol. The van der Waals surface area contributed by atoms with Gasteiger partial charge in [0, 0.05) is 0 Å². The van der Waals surface area contributed by atoms with Crippen molar-refractivity contribution in [2.45, 2.75) is 6.04 Å². The number of hydrogen-bond acceptors (Lipinski definition) is 4. The van der Waals surface area contributed by atoms with Crippen molar-refractivity contribution in [1.29, 1.82) is 0 Å². The van der Waals surface area contributed by atoms with Crippen molar-refractivity contribution >= 4 is 27.8 Å². The van der Waals surface area contributed by atoms with E-state index in [-0.39, 0.29) is 5.69 Å². The molecule has 0 aromatic carbocycles. The van der Waals surface area contributed by atoms with E-state index < -0.39 is 24.5 Å². The third kappa shape index (κ3) is 3.28. The zero-order valence-electron chi connectivity index (χ0n) is 8.05. The summed E-state index contributed by atoms with van der Waals surface area (Å²) in [4.78, 5) is 25.9. The first-order valence-corrected chi connectivity index (χ1v) is 5.11. The fraction of sp³-hybridized carbons (Fsp3) is 0.222. The third-order valence-electron chi connectivity index (χ3n) is 1.73. The molecule has 16 heavy (non-hydrogen) atoms. The number of carboxylic acid groups (broad SMARTS) is 1. The Kier molecular flexibility index (Phi) is 4.39. The summed E-state index contributed by atoms with van der Waals surface area (Å²) in [5, 5.41) is 19.5. The quantitative estimate of drug-likeness (QED) is 0.679. The van der Waals surface area contributed by atoms with Gasteiger partial charge < -0.3 is 15.5 Å². The first-order valence-electron chi connectivity index (χ1n) is 4.31. The van der Waals surface area contributed by atoms with Crippen molar-refractivity contribution in [3.05, 3.63) is 28.5 Å². The SMILES string of the molecule is O=C(NC(CO)C(=O)O)c1cccc(Br)n1. The summed E-state index contributed by atoms with van der Waals surface area (Å²) in [6, 6.07) is 3.35. The van der Waals surface area contributed by atoms with Gasteiger partial charge in [-0.25, -0.2) is 9.78 Å². The second kappa shape index (κ2) is 5.57. The lowest BCUT2D eigenvalue weighted by Gasteiger charge is -2.10. The maximum atomic E-state index is 11.5. The Morgan fingerprint density at radius 2 is 2.19 bits per heavy atom. The fourth-order valence-corrected chi connectivity index (χ4v) is 1.30. The van der Waals surface area contributed by atoms with Gasteiger partial charge in [0.15, 0.2) is 6.04 Å². The van der Waals surface area contributed by atoms with Crippen LogP contribution in [0.3, 0.4) is 0 Å². The lowest BCUT2D eigenvalue weighted by molar-refractivity contribution is -0.140. The molecule has 86 valence electrons. The maximum absolute atomic E-state index is 11.5. The lowest BCUT2D eigenvalue weighted by atomic mass is 10.3. The summed E-state index contributed by atoms with van der Waals surface area (Å²) in [7, 11) is 0. The van der Waals surface area contributed by atoms with Crippen LogP contribution in [0.4, 0.5) is 0 Å². The highest BCUT2D eigenvalue weighted by atomic mass is 79.9. The van der Waals surface area contributed by atoms with Crippen LogP contribution in [0.25, 0.3) is 0 Å². The number of nitrogens with zero attached hydrogens (tertiary/aromatic N) is 1. The number of nitrogens with one attached hydrogen (secondary N) is 1. The summed E-state index contributed by atoms with van der Waals surface area (Å²) in [6.07, 6.45) is 0. The van der Waals surface area contributed by atoms with Gasteiger partial charge in [-0.05, 0) is 28.1 Å². The highest BCUT2D eigenvalue weighted by Crippen LogP contribution is 2.06. The molecular formula is C9H9BrN2O4. The number of aliphatic carboxylic acids is 1. The molecule has 3 N–H and O–H groups in total. The van der Waals surface area contributed by atoms with E-state index in [2.05, 4.69) is 26.2 Å². The minimum absolute atomic E-state index is 0.0778. The van der Waals surface area contributed by atoms with Crippen LogP contribution >= 0.6 is 15.9 Å². The standard InChI is InChI=1S/C9H9BrN2O4/c10-7-3-1-2-5(11-7)8(14)12-6(4-13)9(15)16/h1-3,6,13H,4H2,(H,12,14)(H,15,16). The van der Waals surface area contributed by atoms with Gasteiger partial charge in [-0.3, -0.25) is 4.79 Å². The van der Waals surface area contributed by atoms with E-state index in [1.54, 1.807) is 12.1 Å². The minimum atomic E-state index is -1.33. The molecule has 6 nitrogen and oxygen atoms in total. The van der Waals surface area contributed by atoms with Gasteiger partial charge in [0.25, 0.3) is 5.91 Å². The van der Waals surface area contributed by atoms with Crippen LogP contribution in [0.1, 0.15) is 10.5 Å². The lowest BCUT2D eigenvalue weighted by Crippen LogP contribution is -2.43. The molecule has 1 heterocycles. The summed E-state index contributed by atoms with van der Waals surface area (Å²) >= 11 is 3.09. The van der Waals surface area contributed by atoms with E-state index >= 15 is 0 Å². The molecule has 7 heteroatoms. The Morgan fingerprint density at radius 3 is 2.69 bits per heavy atom. The van der Waals surface area contributed by atoms with Crippen LogP contribution in [0, 0.1) is 0 Å². The first kappa shape index (κ1) is 12.6. The molecule has 1 aromatic heterocycles. The Balaban J connectivity index is 2.75. The number of aliphatic hydroxyl groups excluding tert-OH is 1. The van der Waals surface area contributed by atoms with Gasteiger partial charge in [0.2, 0.25) is 0 Å². The van der Waals surface area contributed by atoms with Crippen molar-refractivity contribution in [3.8, 4) is 0 Å². The topological polar surface area (TPSA) is 99.5 Å². The van der Waals surface area contributed by atoms with Crippen LogP contribution in [0.2, 0.25) is 0 Å². The van der Waals surface area contributed by atoms with Crippen LogP contribution in [-0.4, -0.2) is 39.7 Å². The number of aliphatic hydroxyl groups is 1. The fourth-order valence-electron chi connectivity index (χ4n) is 0.952. The van der Waals surface area contributed by atoms with E-state index in [0.29, 0.717) is 4.60 Å². The van der Waals surface area contributed by atoms with E-state index in [1.807, 2.05) is 0 Å².